The SMILES string of the molecule is Cc1cccc(N2CCN(CCCN3C(=O)NC(C)(C)C3=O)CC2)c1. The number of anilines is 1. The van der Waals surface area contributed by atoms with Gasteiger partial charge in [0.25, 0.3) is 5.91 Å². The Morgan fingerprint density at radius 1 is 1.08 bits per heavy atom. The topological polar surface area (TPSA) is 55.9 Å². The minimum atomic E-state index is -0.767. The quantitative estimate of drug-likeness (QED) is 0.828. The largest absolute Gasteiger partial charge is 0.369 e. The maximum absolute atomic E-state index is 12.2. The molecule has 0 radical (unpaired) electrons. The van der Waals surface area contributed by atoms with E-state index in [2.05, 4.69) is 46.3 Å². The molecule has 0 aromatic heterocycles. The summed E-state index contributed by atoms with van der Waals surface area (Å²) in [7, 11) is 0. The first-order chi connectivity index (χ1) is 11.9. The maximum Gasteiger partial charge on any atom is 0.325 e. The molecule has 0 spiro atoms. The lowest BCUT2D eigenvalue weighted by Crippen LogP contribution is -2.47. The summed E-state index contributed by atoms with van der Waals surface area (Å²) in [5, 5.41) is 2.73. The molecule has 1 aromatic carbocycles. The van der Waals surface area contributed by atoms with E-state index >= 15 is 0 Å². The van der Waals surface area contributed by atoms with Crippen molar-refractivity contribution in [2.45, 2.75) is 32.7 Å². The van der Waals surface area contributed by atoms with Crippen molar-refractivity contribution in [1.29, 1.82) is 0 Å². The van der Waals surface area contributed by atoms with Gasteiger partial charge in [-0.1, -0.05) is 12.1 Å². The van der Waals surface area contributed by atoms with Gasteiger partial charge in [0.2, 0.25) is 0 Å². The molecule has 1 aromatic rings. The van der Waals surface area contributed by atoms with E-state index in [0.29, 0.717) is 6.54 Å². The zero-order valence-corrected chi connectivity index (χ0v) is 15.4. The summed E-state index contributed by atoms with van der Waals surface area (Å²) in [4.78, 5) is 30.2. The second-order valence-corrected chi connectivity index (χ2v) is 7.53. The van der Waals surface area contributed by atoms with E-state index in [-0.39, 0.29) is 11.9 Å². The highest BCUT2D eigenvalue weighted by atomic mass is 16.2. The summed E-state index contributed by atoms with van der Waals surface area (Å²) < 4.78 is 0. The van der Waals surface area contributed by atoms with Crippen LogP contribution in [0.5, 0.6) is 0 Å². The summed E-state index contributed by atoms with van der Waals surface area (Å²) in [5.74, 6) is -0.123. The highest BCUT2D eigenvalue weighted by Crippen LogP contribution is 2.19. The number of urea groups is 1. The van der Waals surface area contributed by atoms with Crippen LogP contribution in [0, 0.1) is 6.92 Å². The average molecular weight is 344 g/mol. The van der Waals surface area contributed by atoms with Gasteiger partial charge in [0, 0.05) is 38.4 Å². The molecule has 3 rings (SSSR count). The maximum atomic E-state index is 12.2. The van der Waals surface area contributed by atoms with E-state index in [1.54, 1.807) is 13.8 Å². The molecule has 0 bridgehead atoms. The lowest BCUT2D eigenvalue weighted by atomic mass is 10.1. The molecule has 6 nitrogen and oxygen atoms in total. The minimum Gasteiger partial charge on any atom is -0.369 e. The van der Waals surface area contributed by atoms with Crippen molar-refractivity contribution in [3.05, 3.63) is 29.8 Å². The molecule has 136 valence electrons. The number of carbonyl (C=O) groups excluding carboxylic acids is 2. The third-order valence-corrected chi connectivity index (χ3v) is 5.04. The highest BCUT2D eigenvalue weighted by molar-refractivity contribution is 6.06. The number of imide groups is 1. The third kappa shape index (κ3) is 3.95. The van der Waals surface area contributed by atoms with E-state index in [0.717, 1.165) is 39.1 Å². The lowest BCUT2D eigenvalue weighted by Gasteiger charge is -2.36. The Morgan fingerprint density at radius 2 is 1.80 bits per heavy atom. The van der Waals surface area contributed by atoms with Crippen molar-refractivity contribution in [3.8, 4) is 0 Å². The predicted octanol–water partition coefficient (Wildman–Crippen LogP) is 1.84. The summed E-state index contributed by atoms with van der Waals surface area (Å²) in [5.41, 5.74) is 1.81. The van der Waals surface area contributed by atoms with Crippen molar-refractivity contribution < 1.29 is 9.59 Å². The molecule has 2 saturated heterocycles. The molecule has 0 unspecified atom stereocenters. The standard InChI is InChI=1S/C19H28N4O2/c1-15-6-4-7-16(14-15)22-12-10-21(11-13-22)8-5-9-23-17(24)19(2,3)20-18(23)25/h4,6-7,14H,5,8-13H2,1-3H3,(H,20,25). The van der Waals surface area contributed by atoms with Gasteiger partial charge in [-0.2, -0.15) is 0 Å². The number of nitrogens with zero attached hydrogens (tertiary/aromatic N) is 3. The number of carbonyl (C=O) groups is 2. The molecule has 0 saturated carbocycles. The van der Waals surface area contributed by atoms with Crippen LogP contribution in [0.4, 0.5) is 10.5 Å². The summed E-state index contributed by atoms with van der Waals surface area (Å²) in [6.07, 6.45) is 0.819. The number of piperazine rings is 1. The van der Waals surface area contributed by atoms with E-state index < -0.39 is 5.54 Å². The number of hydrogen-bond donors (Lipinski definition) is 1. The second-order valence-electron chi connectivity index (χ2n) is 7.53. The molecule has 25 heavy (non-hydrogen) atoms. The smallest absolute Gasteiger partial charge is 0.325 e. The first-order valence-electron chi connectivity index (χ1n) is 9.05. The molecule has 3 amide bonds. The third-order valence-electron chi connectivity index (χ3n) is 5.04. The number of nitrogens with one attached hydrogen (secondary N) is 1. The van der Waals surface area contributed by atoms with Crippen LogP contribution in [0.15, 0.2) is 24.3 Å². The second kappa shape index (κ2) is 7.04. The van der Waals surface area contributed by atoms with E-state index in [4.69, 9.17) is 0 Å². The van der Waals surface area contributed by atoms with Crippen LogP contribution in [0.1, 0.15) is 25.8 Å². The van der Waals surface area contributed by atoms with Crippen LogP contribution in [0.2, 0.25) is 0 Å². The van der Waals surface area contributed by atoms with Gasteiger partial charge in [-0.15, -0.1) is 0 Å². The van der Waals surface area contributed by atoms with Crippen molar-refractivity contribution in [2.24, 2.45) is 0 Å². The Kier molecular flexibility index (Phi) is 4.99. The first kappa shape index (κ1) is 17.7. The Morgan fingerprint density at radius 3 is 2.40 bits per heavy atom. The first-order valence-corrected chi connectivity index (χ1v) is 9.05. The summed E-state index contributed by atoms with van der Waals surface area (Å²) >= 11 is 0. The van der Waals surface area contributed by atoms with Gasteiger partial charge in [-0.05, 0) is 51.4 Å². The fourth-order valence-electron chi connectivity index (χ4n) is 3.53. The number of rotatable bonds is 5. The molecule has 2 aliphatic rings. The van der Waals surface area contributed by atoms with Crippen LogP contribution in [-0.2, 0) is 4.79 Å². The van der Waals surface area contributed by atoms with Gasteiger partial charge in [0.1, 0.15) is 5.54 Å². The molecule has 2 heterocycles. The molecule has 6 heteroatoms. The zero-order valence-electron chi connectivity index (χ0n) is 15.4. The highest BCUT2D eigenvalue weighted by Gasteiger charge is 2.43. The van der Waals surface area contributed by atoms with Gasteiger partial charge in [0.15, 0.2) is 0 Å². The van der Waals surface area contributed by atoms with E-state index in [9.17, 15) is 9.59 Å². The normalized spacial score (nSPS) is 20.9. The van der Waals surface area contributed by atoms with Crippen molar-refractivity contribution in [1.82, 2.24) is 15.1 Å². The number of hydrogen-bond acceptors (Lipinski definition) is 4. The summed E-state index contributed by atoms with van der Waals surface area (Å²) in [6.45, 7) is 11.1. The Balaban J connectivity index is 1.43. The van der Waals surface area contributed by atoms with Crippen molar-refractivity contribution in [2.75, 3.05) is 44.2 Å². The number of aryl methyl sites for hydroxylation is 1. The van der Waals surface area contributed by atoms with Gasteiger partial charge >= 0.3 is 6.03 Å². The molecule has 0 aliphatic carbocycles. The average Bonchev–Trinajstić information content (AvgIpc) is 2.77. The Hall–Kier alpha value is -2.08. The van der Waals surface area contributed by atoms with E-state index in [1.165, 1.54) is 16.2 Å². The Labute approximate surface area is 149 Å². The fraction of sp³-hybridized carbons (Fsp3) is 0.579. The monoisotopic (exact) mass is 344 g/mol. The van der Waals surface area contributed by atoms with Gasteiger partial charge < -0.3 is 10.2 Å². The van der Waals surface area contributed by atoms with Gasteiger partial charge in [-0.25, -0.2) is 4.79 Å². The predicted molar refractivity (Wildman–Crippen MR) is 98.8 cm³/mol. The van der Waals surface area contributed by atoms with Gasteiger partial charge in [0.05, 0.1) is 0 Å². The summed E-state index contributed by atoms with van der Waals surface area (Å²) in [6, 6.07) is 8.36. The van der Waals surface area contributed by atoms with Gasteiger partial charge in [-0.3, -0.25) is 14.6 Å². The molecular formula is C19H28N4O2. The zero-order chi connectivity index (χ0) is 18.0. The molecule has 1 N–H and O–H groups in total. The minimum absolute atomic E-state index is 0.123. The van der Waals surface area contributed by atoms with Crippen LogP contribution >= 0.6 is 0 Å². The number of amides is 3. The lowest BCUT2D eigenvalue weighted by molar-refractivity contribution is -0.130. The molecule has 2 aliphatic heterocycles. The van der Waals surface area contributed by atoms with E-state index in [1.807, 2.05) is 0 Å². The van der Waals surface area contributed by atoms with Crippen LogP contribution in [-0.4, -0.2) is 66.5 Å². The fourth-order valence-corrected chi connectivity index (χ4v) is 3.53. The van der Waals surface area contributed by atoms with Crippen LogP contribution in [0.3, 0.4) is 0 Å². The van der Waals surface area contributed by atoms with Crippen molar-refractivity contribution >= 4 is 17.6 Å². The molecule has 2 fully saturated rings. The number of benzene rings is 1. The van der Waals surface area contributed by atoms with Crippen LogP contribution < -0.4 is 10.2 Å². The van der Waals surface area contributed by atoms with Crippen LogP contribution in [0.25, 0.3) is 0 Å². The Bertz CT molecular complexity index is 651. The van der Waals surface area contributed by atoms with Crippen molar-refractivity contribution in [3.63, 3.8) is 0 Å². The molecular weight excluding hydrogens is 316 g/mol. The molecule has 0 atom stereocenters.